The van der Waals surface area contributed by atoms with Crippen LogP contribution in [0, 0.1) is 46.3 Å². The average Bonchev–Trinajstić information content (AvgIpc) is 3.44. The molecule has 0 spiro atoms. The lowest BCUT2D eigenvalue weighted by Crippen LogP contribution is -2.55. The van der Waals surface area contributed by atoms with Gasteiger partial charge in [-0.1, -0.05) is 20.8 Å². The number of furan rings is 1. The van der Waals surface area contributed by atoms with Gasteiger partial charge in [0.2, 0.25) is 0 Å². The van der Waals surface area contributed by atoms with Crippen molar-refractivity contribution in [1.82, 2.24) is 0 Å². The number of hydrogen-bond donors (Lipinski definition) is 2. The molecular weight excluding hydrogens is 424 g/mol. The Bertz CT molecular complexity index is 905. The molecule has 2 N–H and O–H groups in total. The summed E-state index contributed by atoms with van der Waals surface area (Å²) in [5.74, 6) is 4.29. The van der Waals surface area contributed by atoms with Crippen LogP contribution in [-0.2, 0) is 4.79 Å². The van der Waals surface area contributed by atoms with Crippen LogP contribution < -0.4 is 0 Å². The maximum absolute atomic E-state index is 11.4. The summed E-state index contributed by atoms with van der Waals surface area (Å²) in [6.45, 7) is 7.41. The van der Waals surface area contributed by atoms with Crippen molar-refractivity contribution in [2.45, 2.75) is 97.0 Å². The molecule has 0 amide bonds. The fraction of sp³-hybridized carbons (Fsp3) is 0.767. The maximum atomic E-state index is 11.4. The molecule has 0 unspecified atom stereocenters. The third kappa shape index (κ3) is 4.08. The minimum Gasteiger partial charge on any atom is -0.481 e. The zero-order chi connectivity index (χ0) is 24.1. The van der Waals surface area contributed by atoms with E-state index in [0.717, 1.165) is 49.2 Å². The van der Waals surface area contributed by atoms with Crippen molar-refractivity contribution in [3.8, 4) is 0 Å². The van der Waals surface area contributed by atoms with E-state index in [1.54, 1.807) is 6.26 Å². The first-order valence-electron chi connectivity index (χ1n) is 13.8. The highest BCUT2D eigenvalue weighted by Gasteiger charge is 2.61. The van der Waals surface area contributed by atoms with Gasteiger partial charge >= 0.3 is 5.97 Å². The van der Waals surface area contributed by atoms with E-state index in [2.05, 4.69) is 20.8 Å². The number of aliphatic carboxylic acids is 1. The van der Waals surface area contributed by atoms with Crippen molar-refractivity contribution < 1.29 is 19.4 Å². The van der Waals surface area contributed by atoms with Crippen LogP contribution in [-0.4, -0.2) is 21.8 Å². The van der Waals surface area contributed by atoms with E-state index >= 15 is 0 Å². The Kier molecular flexibility index (Phi) is 6.28. The highest BCUT2D eigenvalue weighted by Crippen LogP contribution is 2.69. The fourth-order valence-corrected chi connectivity index (χ4v) is 9.58. The molecule has 1 aromatic rings. The molecule has 0 aliphatic heterocycles. The van der Waals surface area contributed by atoms with E-state index in [1.165, 1.54) is 38.5 Å². The third-order valence-corrected chi connectivity index (χ3v) is 11.4. The Hall–Kier alpha value is -1.55. The van der Waals surface area contributed by atoms with E-state index < -0.39 is 11.6 Å². The SMILES string of the molecule is C[C@H](CCC(=O)O)[C@H]1CC[C@H]2[C@@H]3CC[C@@H]4C[C@](O)(/C=C/c5ccco5)CC[C@]4(C)[C@H]3CC[C@]12C. The molecule has 188 valence electrons. The Morgan fingerprint density at radius 2 is 1.91 bits per heavy atom. The molecular formula is C30H44O4. The number of carboxylic acids is 1. The number of carbonyl (C=O) groups is 1. The second kappa shape index (κ2) is 8.84. The van der Waals surface area contributed by atoms with Crippen molar-refractivity contribution in [3.63, 3.8) is 0 Å². The number of aliphatic hydroxyl groups is 1. The molecule has 9 atom stereocenters. The van der Waals surface area contributed by atoms with Crippen LogP contribution in [0.1, 0.15) is 97.2 Å². The van der Waals surface area contributed by atoms with Gasteiger partial charge in [0.1, 0.15) is 5.76 Å². The van der Waals surface area contributed by atoms with E-state index in [9.17, 15) is 15.0 Å². The Morgan fingerprint density at radius 3 is 2.65 bits per heavy atom. The summed E-state index contributed by atoms with van der Waals surface area (Å²) in [5.41, 5.74) is -0.00349. The van der Waals surface area contributed by atoms with Gasteiger partial charge in [0.15, 0.2) is 0 Å². The van der Waals surface area contributed by atoms with Crippen LogP contribution in [0.3, 0.4) is 0 Å². The highest BCUT2D eigenvalue weighted by atomic mass is 16.4. The molecule has 4 fully saturated rings. The van der Waals surface area contributed by atoms with E-state index in [1.807, 2.05) is 24.3 Å². The topological polar surface area (TPSA) is 70.7 Å². The molecule has 5 rings (SSSR count). The zero-order valence-corrected chi connectivity index (χ0v) is 21.3. The van der Waals surface area contributed by atoms with Gasteiger partial charge in [-0.15, -0.1) is 0 Å². The van der Waals surface area contributed by atoms with Gasteiger partial charge in [-0.05, 0) is 135 Å². The molecule has 34 heavy (non-hydrogen) atoms. The summed E-state index contributed by atoms with van der Waals surface area (Å²) < 4.78 is 5.44. The summed E-state index contributed by atoms with van der Waals surface area (Å²) in [6, 6.07) is 3.83. The highest BCUT2D eigenvalue weighted by molar-refractivity contribution is 5.66. The summed E-state index contributed by atoms with van der Waals surface area (Å²) in [7, 11) is 0. The second-order valence-electron chi connectivity index (χ2n) is 13.0. The maximum Gasteiger partial charge on any atom is 0.303 e. The van der Waals surface area contributed by atoms with Crippen molar-refractivity contribution in [3.05, 3.63) is 30.2 Å². The Morgan fingerprint density at radius 1 is 1.12 bits per heavy atom. The lowest BCUT2D eigenvalue weighted by atomic mass is 9.43. The molecule has 4 saturated carbocycles. The van der Waals surface area contributed by atoms with Gasteiger partial charge in [0.05, 0.1) is 11.9 Å². The van der Waals surface area contributed by atoms with Gasteiger partial charge in [-0.2, -0.15) is 0 Å². The molecule has 0 bridgehead atoms. The molecule has 0 radical (unpaired) electrons. The monoisotopic (exact) mass is 468 g/mol. The summed E-state index contributed by atoms with van der Waals surface area (Å²) >= 11 is 0. The summed E-state index contributed by atoms with van der Waals surface area (Å²) in [4.78, 5) is 11.2. The first-order valence-corrected chi connectivity index (χ1v) is 13.8. The summed E-state index contributed by atoms with van der Waals surface area (Å²) in [5, 5.41) is 20.6. The third-order valence-electron chi connectivity index (χ3n) is 11.4. The van der Waals surface area contributed by atoms with Gasteiger partial charge in [0.25, 0.3) is 0 Å². The smallest absolute Gasteiger partial charge is 0.303 e. The quantitative estimate of drug-likeness (QED) is 0.464. The average molecular weight is 469 g/mol. The van der Waals surface area contributed by atoms with Crippen molar-refractivity contribution >= 4 is 12.0 Å². The molecule has 4 heteroatoms. The lowest BCUT2D eigenvalue weighted by molar-refractivity contribution is -0.142. The van der Waals surface area contributed by atoms with E-state index in [-0.39, 0.29) is 0 Å². The predicted molar refractivity (Wildman–Crippen MR) is 134 cm³/mol. The van der Waals surface area contributed by atoms with Gasteiger partial charge in [-0.25, -0.2) is 0 Å². The fourth-order valence-electron chi connectivity index (χ4n) is 9.58. The predicted octanol–water partition coefficient (Wildman–Crippen LogP) is 7.18. The van der Waals surface area contributed by atoms with Crippen molar-refractivity contribution in [1.29, 1.82) is 0 Å². The molecule has 1 aromatic heterocycles. The largest absolute Gasteiger partial charge is 0.481 e. The normalized spacial score (nSPS) is 44.9. The molecule has 4 aliphatic carbocycles. The van der Waals surface area contributed by atoms with Gasteiger partial charge in [-0.3, -0.25) is 4.79 Å². The van der Waals surface area contributed by atoms with E-state index in [0.29, 0.717) is 35.0 Å². The van der Waals surface area contributed by atoms with Crippen LogP contribution in [0.15, 0.2) is 28.9 Å². The molecule has 0 saturated heterocycles. The van der Waals surface area contributed by atoms with E-state index in [4.69, 9.17) is 4.42 Å². The van der Waals surface area contributed by atoms with Crippen LogP contribution in [0.5, 0.6) is 0 Å². The summed E-state index contributed by atoms with van der Waals surface area (Å²) in [6.07, 6.45) is 17.3. The van der Waals surface area contributed by atoms with Crippen LogP contribution in [0.4, 0.5) is 0 Å². The van der Waals surface area contributed by atoms with Crippen LogP contribution in [0.2, 0.25) is 0 Å². The van der Waals surface area contributed by atoms with Crippen LogP contribution >= 0.6 is 0 Å². The molecule has 1 heterocycles. The zero-order valence-electron chi connectivity index (χ0n) is 21.3. The van der Waals surface area contributed by atoms with Crippen molar-refractivity contribution in [2.24, 2.45) is 46.3 Å². The molecule has 0 aromatic carbocycles. The lowest BCUT2D eigenvalue weighted by Gasteiger charge is -2.62. The van der Waals surface area contributed by atoms with Gasteiger partial charge < -0.3 is 14.6 Å². The van der Waals surface area contributed by atoms with Crippen LogP contribution in [0.25, 0.3) is 6.08 Å². The number of carboxylic acid groups (broad SMARTS) is 1. The Balaban J connectivity index is 1.29. The minimum atomic E-state index is -0.717. The first kappa shape index (κ1) is 24.2. The molecule has 4 aliphatic rings. The van der Waals surface area contributed by atoms with Crippen molar-refractivity contribution in [2.75, 3.05) is 0 Å². The van der Waals surface area contributed by atoms with Gasteiger partial charge in [0, 0.05) is 6.42 Å². The molecule has 4 nitrogen and oxygen atoms in total. The standard InChI is InChI=1S/C30H44O4/c1-20(6-11-27(31)32)24-9-10-25-23-8-7-21-19-30(33,15-12-22-5-4-18-34-22)17-16-28(21,2)26(23)13-14-29(24,25)3/h4-5,12,15,18,20-21,23-26,33H,6-11,13-14,16-17,19H2,1-3H3,(H,31,32)/b15-12+/t20-,21-,23+,24-,25+,26+,28+,29-,30+/m1/s1. The number of fused-ring (bicyclic) bond motifs is 5. The number of hydrogen-bond acceptors (Lipinski definition) is 3. The number of rotatable bonds is 6. The minimum absolute atomic E-state index is 0.307. The Labute approximate surface area is 205 Å². The second-order valence-corrected chi connectivity index (χ2v) is 13.0. The first-order chi connectivity index (χ1) is 16.1.